The first kappa shape index (κ1) is 21.6. The number of thioether (sulfide) groups is 1. The quantitative estimate of drug-likeness (QED) is 0.552. The van der Waals surface area contributed by atoms with Gasteiger partial charge in [-0.15, -0.1) is 0 Å². The Hall–Kier alpha value is -3.14. The van der Waals surface area contributed by atoms with Gasteiger partial charge < -0.3 is 14.6 Å². The predicted octanol–water partition coefficient (Wildman–Crippen LogP) is 2.97. The second-order valence-corrected chi connectivity index (χ2v) is 7.33. The summed E-state index contributed by atoms with van der Waals surface area (Å²) in [6.45, 7) is 0. The summed E-state index contributed by atoms with van der Waals surface area (Å²) in [7, 11) is 1.25. The van der Waals surface area contributed by atoms with Crippen LogP contribution in [-0.2, 0) is 9.53 Å². The van der Waals surface area contributed by atoms with E-state index < -0.39 is 29.6 Å². The summed E-state index contributed by atoms with van der Waals surface area (Å²) in [6, 6.07) is 5.62. The fourth-order valence-corrected chi connectivity index (χ4v) is 3.41. The minimum absolute atomic E-state index is 0.113. The molecule has 0 radical (unpaired) electrons. The molecule has 0 saturated carbocycles. The molecule has 158 valence electrons. The Balaban J connectivity index is 2.01. The van der Waals surface area contributed by atoms with E-state index in [-0.39, 0.29) is 17.1 Å². The molecule has 1 aromatic carbocycles. The third kappa shape index (κ3) is 4.70. The Kier molecular flexibility index (Phi) is 6.88. The van der Waals surface area contributed by atoms with Crippen molar-refractivity contribution in [3.8, 4) is 11.5 Å². The molecule has 3 rings (SSSR count). The fourth-order valence-electron chi connectivity index (χ4n) is 2.94. The van der Waals surface area contributed by atoms with Crippen molar-refractivity contribution in [1.82, 2.24) is 19.7 Å². The summed E-state index contributed by atoms with van der Waals surface area (Å²) < 4.78 is 35.1. The van der Waals surface area contributed by atoms with E-state index in [2.05, 4.69) is 10.4 Å². The molecule has 2 heterocycles. The molecule has 3 aromatic rings. The first-order valence-electron chi connectivity index (χ1n) is 9.00. The zero-order valence-corrected chi connectivity index (χ0v) is 17.2. The van der Waals surface area contributed by atoms with Crippen LogP contribution in [0.2, 0.25) is 0 Å². The molecule has 1 amide bonds. The number of hydrogen-bond donors (Lipinski definition) is 1. The van der Waals surface area contributed by atoms with Crippen LogP contribution >= 0.6 is 11.8 Å². The van der Waals surface area contributed by atoms with E-state index in [4.69, 9.17) is 4.74 Å². The van der Waals surface area contributed by atoms with Crippen LogP contribution in [0.4, 0.5) is 8.78 Å². The lowest BCUT2D eigenvalue weighted by atomic mass is 10.2. The molecular weight excluding hydrogens is 414 g/mol. The molecule has 0 aliphatic rings. The molecular formula is C20H20F2N4O3S. The highest BCUT2D eigenvalue weighted by molar-refractivity contribution is 7.98. The molecule has 0 fully saturated rings. The maximum absolute atomic E-state index is 13.8. The number of nitrogens with zero attached hydrogens (tertiary/aromatic N) is 3. The highest BCUT2D eigenvalue weighted by atomic mass is 32.2. The van der Waals surface area contributed by atoms with Crippen LogP contribution in [0.15, 0.2) is 48.9 Å². The maximum Gasteiger partial charge on any atom is 0.328 e. The molecule has 0 unspecified atom stereocenters. The van der Waals surface area contributed by atoms with Crippen molar-refractivity contribution in [3.63, 3.8) is 0 Å². The minimum atomic E-state index is -0.831. The van der Waals surface area contributed by atoms with Gasteiger partial charge in [0.1, 0.15) is 23.2 Å². The molecule has 0 spiro atoms. The van der Waals surface area contributed by atoms with E-state index in [0.29, 0.717) is 12.2 Å². The van der Waals surface area contributed by atoms with E-state index in [1.165, 1.54) is 29.8 Å². The summed E-state index contributed by atoms with van der Waals surface area (Å²) in [4.78, 5) is 25.0. The van der Waals surface area contributed by atoms with E-state index in [0.717, 1.165) is 18.2 Å². The van der Waals surface area contributed by atoms with Crippen LogP contribution in [0.3, 0.4) is 0 Å². The number of aromatic nitrogens is 3. The number of halogens is 2. The number of esters is 1. The van der Waals surface area contributed by atoms with Crippen LogP contribution < -0.4 is 5.32 Å². The van der Waals surface area contributed by atoms with Gasteiger partial charge in [-0.05, 0) is 42.7 Å². The van der Waals surface area contributed by atoms with Crippen LogP contribution in [-0.4, -0.2) is 51.4 Å². The zero-order chi connectivity index (χ0) is 21.7. The molecule has 0 aliphatic heterocycles. The lowest BCUT2D eigenvalue weighted by Crippen LogP contribution is -2.42. The molecule has 0 bridgehead atoms. The number of carbonyl (C=O) groups excluding carboxylic acids is 2. The molecule has 30 heavy (non-hydrogen) atoms. The van der Waals surface area contributed by atoms with E-state index in [1.54, 1.807) is 29.1 Å². The van der Waals surface area contributed by atoms with Gasteiger partial charge in [-0.1, -0.05) is 0 Å². The molecule has 0 saturated heterocycles. The third-order valence-electron chi connectivity index (χ3n) is 4.33. The molecule has 7 nitrogen and oxygen atoms in total. The Morgan fingerprint density at radius 3 is 2.47 bits per heavy atom. The van der Waals surface area contributed by atoms with Crippen molar-refractivity contribution in [3.05, 3.63) is 66.1 Å². The highest BCUT2D eigenvalue weighted by Gasteiger charge is 2.26. The summed E-state index contributed by atoms with van der Waals surface area (Å²) in [5.41, 5.74) is 0.246. The number of nitrogens with one attached hydrogen (secondary N) is 1. The Bertz CT molecular complexity index is 1020. The summed E-state index contributed by atoms with van der Waals surface area (Å²) >= 11 is 1.54. The Morgan fingerprint density at radius 2 is 1.87 bits per heavy atom. The van der Waals surface area contributed by atoms with Crippen molar-refractivity contribution < 1.29 is 23.1 Å². The first-order valence-corrected chi connectivity index (χ1v) is 10.4. The first-order chi connectivity index (χ1) is 14.4. The lowest BCUT2D eigenvalue weighted by Gasteiger charge is -2.16. The third-order valence-corrected chi connectivity index (χ3v) is 4.97. The number of carbonyl (C=O) groups is 2. The van der Waals surface area contributed by atoms with Crippen molar-refractivity contribution >= 4 is 23.6 Å². The van der Waals surface area contributed by atoms with Crippen molar-refractivity contribution in [2.75, 3.05) is 19.1 Å². The molecule has 1 atom stereocenters. The molecule has 10 heteroatoms. The smallest absolute Gasteiger partial charge is 0.328 e. The van der Waals surface area contributed by atoms with Gasteiger partial charge in [0.05, 0.1) is 19.0 Å². The topological polar surface area (TPSA) is 78.2 Å². The monoisotopic (exact) mass is 434 g/mol. The number of methoxy groups -OCH3 is 1. The van der Waals surface area contributed by atoms with Gasteiger partial charge >= 0.3 is 5.97 Å². The van der Waals surface area contributed by atoms with Crippen LogP contribution in [0.25, 0.3) is 11.5 Å². The second kappa shape index (κ2) is 9.57. The predicted molar refractivity (Wildman–Crippen MR) is 109 cm³/mol. The van der Waals surface area contributed by atoms with Gasteiger partial charge in [-0.3, -0.25) is 4.79 Å². The van der Waals surface area contributed by atoms with Crippen LogP contribution in [0, 0.1) is 11.6 Å². The molecule has 0 aliphatic carbocycles. The largest absolute Gasteiger partial charge is 0.467 e. The zero-order valence-electron chi connectivity index (χ0n) is 16.3. The number of ether oxygens (including phenoxy) is 1. The number of amides is 1. The van der Waals surface area contributed by atoms with Gasteiger partial charge in [0.15, 0.2) is 5.82 Å². The van der Waals surface area contributed by atoms with Gasteiger partial charge in [-0.25, -0.2) is 18.3 Å². The van der Waals surface area contributed by atoms with Gasteiger partial charge in [-0.2, -0.15) is 16.9 Å². The van der Waals surface area contributed by atoms with Crippen molar-refractivity contribution in [1.29, 1.82) is 0 Å². The average molecular weight is 434 g/mol. The van der Waals surface area contributed by atoms with Crippen molar-refractivity contribution in [2.45, 2.75) is 12.5 Å². The van der Waals surface area contributed by atoms with Gasteiger partial charge in [0, 0.05) is 18.5 Å². The van der Waals surface area contributed by atoms with Gasteiger partial charge in [0.25, 0.3) is 5.91 Å². The SMILES string of the molecule is COC(=O)[C@@H](CCSC)NC(=O)c1cnn(-c2cc(F)cc(F)c2)c1-n1cccc1. The van der Waals surface area contributed by atoms with Gasteiger partial charge in [0.2, 0.25) is 0 Å². The normalized spacial score (nSPS) is 11.9. The summed E-state index contributed by atoms with van der Waals surface area (Å²) in [5.74, 6) is -1.74. The van der Waals surface area contributed by atoms with E-state index in [9.17, 15) is 18.4 Å². The standard InChI is InChI=1S/C20H20F2N4O3S/c1-29-20(28)17(5-8-30-2)24-18(27)16-12-23-26(19(16)25-6-3-4-7-25)15-10-13(21)9-14(22)11-15/h3-4,6-7,9-12,17H,5,8H2,1-2H3,(H,24,27)/t17-/m1/s1. The average Bonchev–Trinajstić information content (AvgIpc) is 3.38. The Labute approximate surface area is 176 Å². The molecule has 1 N–H and O–H groups in total. The number of benzene rings is 1. The highest BCUT2D eigenvalue weighted by Crippen LogP contribution is 2.21. The van der Waals surface area contributed by atoms with Crippen LogP contribution in [0.1, 0.15) is 16.8 Å². The van der Waals surface area contributed by atoms with Crippen LogP contribution in [0.5, 0.6) is 0 Å². The summed E-state index contributed by atoms with van der Waals surface area (Å²) in [5, 5.41) is 6.83. The van der Waals surface area contributed by atoms with E-state index >= 15 is 0 Å². The number of hydrogen-bond acceptors (Lipinski definition) is 5. The molecule has 2 aromatic heterocycles. The Morgan fingerprint density at radius 1 is 1.20 bits per heavy atom. The number of rotatable bonds is 8. The summed E-state index contributed by atoms with van der Waals surface area (Å²) in [6.07, 6.45) is 6.91. The van der Waals surface area contributed by atoms with Crippen molar-refractivity contribution in [2.24, 2.45) is 0 Å². The van der Waals surface area contributed by atoms with E-state index in [1.807, 2.05) is 6.26 Å². The second-order valence-electron chi connectivity index (χ2n) is 6.34. The lowest BCUT2D eigenvalue weighted by molar-refractivity contribution is -0.142. The maximum atomic E-state index is 13.8. The minimum Gasteiger partial charge on any atom is -0.467 e. The fraction of sp³-hybridized carbons (Fsp3) is 0.250.